The molecule has 290 valence electrons. The molecule has 1 aliphatic rings. The molecule has 1 aromatic heterocycles. The highest BCUT2D eigenvalue weighted by atomic mass is 35.5. The quantitative estimate of drug-likeness (QED) is 0.0796. The van der Waals surface area contributed by atoms with Crippen LogP contribution in [0.2, 0.25) is 15.1 Å². The number of nitriles is 1. The number of hydrogen-bond acceptors (Lipinski definition) is 10. The van der Waals surface area contributed by atoms with Crippen molar-refractivity contribution in [3.63, 3.8) is 0 Å². The van der Waals surface area contributed by atoms with Crippen LogP contribution in [0.5, 0.6) is 17.2 Å². The Hall–Kier alpha value is -4.61. The van der Waals surface area contributed by atoms with Crippen molar-refractivity contribution in [2.75, 3.05) is 32.8 Å². The summed E-state index contributed by atoms with van der Waals surface area (Å²) in [5, 5.41) is 35.6. The minimum atomic E-state index is -1.62. The third kappa shape index (κ3) is 11.0. The highest BCUT2D eigenvalue weighted by Gasteiger charge is 2.32. The van der Waals surface area contributed by atoms with E-state index in [4.69, 9.17) is 49.0 Å². The van der Waals surface area contributed by atoms with Gasteiger partial charge in [-0.3, -0.25) is 19.9 Å². The molecule has 0 bridgehead atoms. The Morgan fingerprint density at radius 3 is 2.45 bits per heavy atom. The lowest BCUT2D eigenvalue weighted by atomic mass is 10.0. The highest BCUT2D eigenvalue weighted by Crippen LogP contribution is 2.40. The van der Waals surface area contributed by atoms with Gasteiger partial charge in [-0.15, -0.1) is 0 Å². The normalized spacial score (nSPS) is 15.2. The summed E-state index contributed by atoms with van der Waals surface area (Å²) in [5.41, 5.74) is 1.94. The number of benzene rings is 3. The molecule has 5 rings (SSSR count). The summed E-state index contributed by atoms with van der Waals surface area (Å²) in [5.74, 6) is -0.0812. The first-order valence-corrected chi connectivity index (χ1v) is 18.7. The molecule has 4 aromatic rings. The first-order chi connectivity index (χ1) is 26.4. The van der Waals surface area contributed by atoms with Crippen LogP contribution in [0.25, 0.3) is 11.1 Å². The van der Waals surface area contributed by atoms with E-state index in [1.54, 1.807) is 24.4 Å². The average Bonchev–Trinajstić information content (AvgIpc) is 3.62. The molecular weight excluding hydrogens is 769 g/mol. The summed E-state index contributed by atoms with van der Waals surface area (Å²) in [6.45, 7) is 5.40. The number of carboxylic acids is 1. The Labute approximate surface area is 334 Å². The molecule has 12 nitrogen and oxygen atoms in total. The van der Waals surface area contributed by atoms with E-state index in [1.165, 1.54) is 20.0 Å². The fourth-order valence-corrected chi connectivity index (χ4v) is 6.84. The lowest BCUT2D eigenvalue weighted by Gasteiger charge is -2.25. The molecule has 15 heteroatoms. The number of hydrogen-bond donors (Lipinski definition) is 4. The Morgan fingerprint density at radius 1 is 0.982 bits per heavy atom. The minimum absolute atomic E-state index is 0.00831. The monoisotopic (exact) mass is 809 g/mol. The molecule has 2 unspecified atom stereocenters. The molecule has 1 fully saturated rings. The van der Waals surface area contributed by atoms with Crippen molar-refractivity contribution in [3.05, 3.63) is 104 Å². The molecule has 2 atom stereocenters. The average molecular weight is 811 g/mol. The number of carboxylic acid groups (broad SMARTS) is 1. The van der Waals surface area contributed by atoms with E-state index in [0.29, 0.717) is 61.5 Å². The molecule has 2 heterocycles. The zero-order valence-corrected chi connectivity index (χ0v) is 32.7. The maximum atomic E-state index is 11.8. The van der Waals surface area contributed by atoms with E-state index in [-0.39, 0.29) is 42.5 Å². The Morgan fingerprint density at radius 2 is 1.73 bits per heavy atom. The number of amides is 1. The van der Waals surface area contributed by atoms with Crippen LogP contribution in [-0.4, -0.2) is 76.4 Å². The van der Waals surface area contributed by atoms with Crippen LogP contribution in [0.1, 0.15) is 48.9 Å². The van der Waals surface area contributed by atoms with Gasteiger partial charge in [-0.25, -0.2) is 0 Å². The maximum Gasteiger partial charge on any atom is 0.326 e. The molecule has 1 amide bonds. The number of pyridine rings is 1. The zero-order valence-electron chi connectivity index (χ0n) is 30.4. The van der Waals surface area contributed by atoms with Crippen LogP contribution in [0.15, 0.2) is 67.0 Å². The van der Waals surface area contributed by atoms with E-state index in [0.717, 1.165) is 32.5 Å². The smallest absolute Gasteiger partial charge is 0.326 e. The third-order valence-electron chi connectivity index (χ3n) is 9.16. The number of likely N-dealkylation sites (tertiary alicyclic amines) is 1. The van der Waals surface area contributed by atoms with Gasteiger partial charge in [0.15, 0.2) is 0 Å². The largest absolute Gasteiger partial charge is 0.492 e. The van der Waals surface area contributed by atoms with E-state index in [9.17, 15) is 25.1 Å². The summed E-state index contributed by atoms with van der Waals surface area (Å²) < 4.78 is 18.4. The van der Waals surface area contributed by atoms with E-state index in [2.05, 4.69) is 20.5 Å². The summed E-state index contributed by atoms with van der Waals surface area (Å²) in [6, 6.07) is 18.2. The number of ether oxygens (including phenoxy) is 3. The Bertz CT molecular complexity index is 2050. The number of aliphatic hydroxyl groups excluding tert-OH is 1. The Kier molecular flexibility index (Phi) is 14.6. The van der Waals surface area contributed by atoms with Crippen molar-refractivity contribution in [2.45, 2.75) is 58.0 Å². The van der Waals surface area contributed by atoms with Crippen molar-refractivity contribution in [1.82, 2.24) is 20.5 Å². The predicted octanol–water partition coefficient (Wildman–Crippen LogP) is 6.64. The van der Waals surface area contributed by atoms with Gasteiger partial charge < -0.3 is 34.6 Å². The third-order valence-corrected chi connectivity index (χ3v) is 10.3. The number of carbonyl (C=O) groups excluding carboxylic acids is 1. The van der Waals surface area contributed by atoms with Crippen molar-refractivity contribution in [3.8, 4) is 34.4 Å². The number of aliphatic hydroxyl groups is 1. The van der Waals surface area contributed by atoms with Gasteiger partial charge in [0.05, 0.1) is 33.8 Å². The number of aliphatic carboxylic acids is 1. The molecule has 0 aliphatic carbocycles. The zero-order chi connectivity index (χ0) is 39.5. The van der Waals surface area contributed by atoms with Gasteiger partial charge in [-0.05, 0) is 38.0 Å². The topological polar surface area (TPSA) is 166 Å². The molecule has 55 heavy (non-hydrogen) atoms. The summed E-state index contributed by atoms with van der Waals surface area (Å²) >= 11 is 20.5. The SMILES string of the molecule is CC(=O)NC1CCN(CCCOc2cccc(-c3cccc(COc4cc(OCc5cncc(C#N)c5)c(CNC(C)(CO)C(=O)O)cc4Cl)c3Cl)c2Cl)C1. The van der Waals surface area contributed by atoms with E-state index < -0.39 is 18.1 Å². The predicted molar refractivity (Wildman–Crippen MR) is 210 cm³/mol. The number of nitrogens with zero attached hydrogens (tertiary/aromatic N) is 3. The number of carbonyl (C=O) groups is 2. The molecule has 0 saturated carbocycles. The van der Waals surface area contributed by atoms with Gasteiger partial charge >= 0.3 is 5.97 Å². The van der Waals surface area contributed by atoms with Crippen LogP contribution in [0.3, 0.4) is 0 Å². The Balaban J connectivity index is 1.28. The van der Waals surface area contributed by atoms with E-state index >= 15 is 0 Å². The van der Waals surface area contributed by atoms with Gasteiger partial charge in [0.25, 0.3) is 0 Å². The van der Waals surface area contributed by atoms with Crippen LogP contribution in [0.4, 0.5) is 0 Å². The first kappa shape index (κ1) is 41.6. The highest BCUT2D eigenvalue weighted by molar-refractivity contribution is 6.37. The second kappa shape index (κ2) is 19.3. The molecule has 0 radical (unpaired) electrons. The summed E-state index contributed by atoms with van der Waals surface area (Å²) in [7, 11) is 0. The van der Waals surface area contributed by atoms with Crippen molar-refractivity contribution >= 4 is 46.7 Å². The number of nitrogens with one attached hydrogen (secondary N) is 2. The first-order valence-electron chi connectivity index (χ1n) is 17.6. The number of rotatable bonds is 18. The molecule has 1 aliphatic heterocycles. The summed E-state index contributed by atoms with van der Waals surface area (Å²) in [4.78, 5) is 29.6. The van der Waals surface area contributed by atoms with Crippen LogP contribution >= 0.6 is 34.8 Å². The minimum Gasteiger partial charge on any atom is -0.492 e. The lowest BCUT2D eigenvalue weighted by Crippen LogP contribution is -2.52. The molecule has 1 saturated heterocycles. The lowest BCUT2D eigenvalue weighted by molar-refractivity contribution is -0.146. The van der Waals surface area contributed by atoms with Crippen molar-refractivity contribution in [2.24, 2.45) is 0 Å². The molecular formula is C40H42Cl3N5O7. The molecule has 0 spiro atoms. The number of halogens is 3. The fraction of sp³-hybridized carbons (Fsp3) is 0.350. The van der Waals surface area contributed by atoms with Gasteiger partial charge in [-0.2, -0.15) is 5.26 Å². The van der Waals surface area contributed by atoms with Gasteiger partial charge in [-0.1, -0.05) is 65.1 Å². The van der Waals surface area contributed by atoms with Crippen LogP contribution < -0.4 is 24.8 Å². The van der Waals surface area contributed by atoms with Gasteiger partial charge in [0, 0.05) is 85.4 Å². The van der Waals surface area contributed by atoms with Gasteiger partial charge in [0.2, 0.25) is 5.91 Å². The van der Waals surface area contributed by atoms with Crippen molar-refractivity contribution < 1.29 is 34.0 Å². The fourth-order valence-electron chi connectivity index (χ4n) is 6.03. The van der Waals surface area contributed by atoms with Gasteiger partial charge in [0.1, 0.15) is 42.1 Å². The van der Waals surface area contributed by atoms with Crippen LogP contribution in [0, 0.1) is 11.3 Å². The van der Waals surface area contributed by atoms with Crippen molar-refractivity contribution in [1.29, 1.82) is 5.26 Å². The second-order valence-corrected chi connectivity index (χ2v) is 14.6. The van der Waals surface area contributed by atoms with E-state index in [1.807, 2.05) is 42.5 Å². The standard InChI is InChI=1S/C40H42Cl3N5O7/c1-25(50)47-30-10-12-48(21-30)11-5-13-53-34-9-4-8-32(38(34)43)31-7-3-6-28(37(31)42)23-55-36-16-35(54-22-27-14-26(17-44)18-45-19-27)29(15-33(36)41)20-46-40(2,24-49)39(51)52/h3-4,6-9,14-16,18-19,30,46,49H,5,10-13,20-24H2,1-2H3,(H,47,50)(H,51,52). The molecule has 3 aromatic carbocycles. The van der Waals surface area contributed by atoms with Crippen LogP contribution in [-0.2, 0) is 29.3 Å². The number of aromatic nitrogens is 1. The summed E-state index contributed by atoms with van der Waals surface area (Å²) in [6.07, 6.45) is 4.75. The maximum absolute atomic E-state index is 11.8. The second-order valence-electron chi connectivity index (χ2n) is 13.4. The molecule has 4 N–H and O–H groups in total.